The number of nitrogens with one attached hydrogen (secondary N) is 2. The first-order chi connectivity index (χ1) is 9.02. The fourth-order valence-electron chi connectivity index (χ4n) is 1.35. The Morgan fingerprint density at radius 2 is 2.16 bits per heavy atom. The summed E-state index contributed by atoms with van der Waals surface area (Å²) in [6, 6.07) is 4.89. The molecule has 0 aliphatic carbocycles. The van der Waals surface area contributed by atoms with E-state index < -0.39 is 5.97 Å². The maximum Gasteiger partial charge on any atom is 0.304 e. The van der Waals surface area contributed by atoms with Crippen molar-refractivity contribution in [2.45, 2.75) is 6.42 Å². The van der Waals surface area contributed by atoms with Crippen molar-refractivity contribution < 1.29 is 19.4 Å². The molecule has 19 heavy (non-hydrogen) atoms. The van der Waals surface area contributed by atoms with Gasteiger partial charge in [0.1, 0.15) is 5.75 Å². The van der Waals surface area contributed by atoms with E-state index in [2.05, 4.69) is 10.6 Å². The Bertz CT molecular complexity index is 465. The average molecular weight is 287 g/mol. The summed E-state index contributed by atoms with van der Waals surface area (Å²) >= 11 is 5.92. The molecular weight excluding hydrogens is 272 g/mol. The van der Waals surface area contributed by atoms with E-state index in [1.54, 1.807) is 18.2 Å². The van der Waals surface area contributed by atoms with Gasteiger partial charge in [0.05, 0.1) is 25.1 Å². The third-order valence-corrected chi connectivity index (χ3v) is 2.53. The van der Waals surface area contributed by atoms with E-state index in [9.17, 15) is 9.59 Å². The van der Waals surface area contributed by atoms with Crippen LogP contribution in [0.5, 0.6) is 5.75 Å². The molecule has 0 radical (unpaired) electrons. The molecule has 1 rings (SSSR count). The van der Waals surface area contributed by atoms with Crippen molar-refractivity contribution in [1.82, 2.24) is 5.32 Å². The smallest absolute Gasteiger partial charge is 0.304 e. The molecule has 0 bridgehead atoms. The van der Waals surface area contributed by atoms with Gasteiger partial charge < -0.3 is 20.5 Å². The molecule has 0 heterocycles. The highest BCUT2D eigenvalue weighted by Crippen LogP contribution is 2.26. The van der Waals surface area contributed by atoms with Crippen LogP contribution < -0.4 is 15.4 Å². The van der Waals surface area contributed by atoms with Crippen LogP contribution in [0.4, 0.5) is 5.69 Å². The zero-order valence-electron chi connectivity index (χ0n) is 10.4. The SMILES string of the molecule is COc1ccc(NC(=O)CNCCC(=O)O)cc1Cl. The van der Waals surface area contributed by atoms with Gasteiger partial charge in [-0.05, 0) is 18.2 Å². The number of carboxylic acid groups (broad SMARTS) is 1. The van der Waals surface area contributed by atoms with Gasteiger partial charge in [-0.15, -0.1) is 0 Å². The topological polar surface area (TPSA) is 87.7 Å². The highest BCUT2D eigenvalue weighted by Gasteiger charge is 2.05. The van der Waals surface area contributed by atoms with Crippen molar-refractivity contribution in [3.63, 3.8) is 0 Å². The Labute approximate surface area is 115 Å². The number of benzene rings is 1. The predicted molar refractivity (Wildman–Crippen MR) is 71.8 cm³/mol. The monoisotopic (exact) mass is 286 g/mol. The summed E-state index contributed by atoms with van der Waals surface area (Å²) in [5.41, 5.74) is 0.552. The average Bonchev–Trinajstić information content (AvgIpc) is 2.35. The minimum Gasteiger partial charge on any atom is -0.495 e. The van der Waals surface area contributed by atoms with Gasteiger partial charge in [-0.2, -0.15) is 0 Å². The number of hydrogen-bond acceptors (Lipinski definition) is 4. The molecule has 0 fully saturated rings. The highest BCUT2D eigenvalue weighted by molar-refractivity contribution is 6.32. The standard InChI is InChI=1S/C12H15ClN2O4/c1-19-10-3-2-8(6-9(10)13)15-11(16)7-14-5-4-12(17)18/h2-3,6,14H,4-5,7H2,1H3,(H,15,16)(H,17,18). The lowest BCUT2D eigenvalue weighted by Crippen LogP contribution is -2.29. The minimum atomic E-state index is -0.908. The van der Waals surface area contributed by atoms with Crippen molar-refractivity contribution in [3.05, 3.63) is 23.2 Å². The van der Waals surface area contributed by atoms with E-state index in [0.29, 0.717) is 16.5 Å². The number of ether oxygens (including phenoxy) is 1. The van der Waals surface area contributed by atoms with E-state index >= 15 is 0 Å². The number of rotatable bonds is 7. The number of amides is 1. The van der Waals surface area contributed by atoms with Crippen LogP contribution in [0.2, 0.25) is 5.02 Å². The van der Waals surface area contributed by atoms with Crippen molar-refractivity contribution in [2.24, 2.45) is 0 Å². The summed E-state index contributed by atoms with van der Waals surface area (Å²) in [4.78, 5) is 21.8. The zero-order valence-corrected chi connectivity index (χ0v) is 11.2. The number of aliphatic carboxylic acids is 1. The Hall–Kier alpha value is -1.79. The number of methoxy groups -OCH3 is 1. The van der Waals surface area contributed by atoms with Gasteiger partial charge >= 0.3 is 5.97 Å². The number of anilines is 1. The van der Waals surface area contributed by atoms with Crippen LogP contribution >= 0.6 is 11.6 Å². The van der Waals surface area contributed by atoms with Crippen LogP contribution in [0.25, 0.3) is 0 Å². The number of hydrogen-bond donors (Lipinski definition) is 3. The summed E-state index contributed by atoms with van der Waals surface area (Å²) in [5.74, 6) is -0.652. The summed E-state index contributed by atoms with van der Waals surface area (Å²) < 4.78 is 4.99. The molecule has 0 saturated heterocycles. The Morgan fingerprint density at radius 1 is 1.42 bits per heavy atom. The van der Waals surface area contributed by atoms with Crippen molar-refractivity contribution >= 4 is 29.2 Å². The lowest BCUT2D eigenvalue weighted by atomic mass is 10.3. The molecular formula is C12H15ClN2O4. The molecule has 104 valence electrons. The second-order valence-corrected chi connectivity index (χ2v) is 4.13. The second-order valence-electron chi connectivity index (χ2n) is 3.72. The van der Waals surface area contributed by atoms with E-state index in [0.717, 1.165) is 0 Å². The van der Waals surface area contributed by atoms with Crippen LogP contribution in [-0.4, -0.2) is 37.2 Å². The molecule has 0 unspecified atom stereocenters. The Kier molecular flexibility index (Phi) is 6.11. The van der Waals surface area contributed by atoms with Gasteiger partial charge in [-0.25, -0.2) is 0 Å². The number of halogens is 1. The molecule has 0 aromatic heterocycles. The molecule has 1 aromatic carbocycles. The van der Waals surface area contributed by atoms with Crippen LogP contribution in [0.1, 0.15) is 6.42 Å². The van der Waals surface area contributed by atoms with E-state index in [1.165, 1.54) is 7.11 Å². The summed E-state index contributed by atoms with van der Waals surface area (Å²) in [6.07, 6.45) is -0.0261. The maximum absolute atomic E-state index is 11.5. The molecule has 0 atom stereocenters. The van der Waals surface area contributed by atoms with Crippen molar-refractivity contribution in [3.8, 4) is 5.75 Å². The molecule has 0 aliphatic heterocycles. The van der Waals surface area contributed by atoms with Crippen LogP contribution in [0.15, 0.2) is 18.2 Å². The van der Waals surface area contributed by atoms with E-state index in [4.69, 9.17) is 21.4 Å². The normalized spacial score (nSPS) is 10.0. The van der Waals surface area contributed by atoms with Gasteiger partial charge in [-0.1, -0.05) is 11.6 Å². The lowest BCUT2D eigenvalue weighted by Gasteiger charge is -2.08. The first-order valence-electron chi connectivity index (χ1n) is 5.59. The van der Waals surface area contributed by atoms with Gasteiger partial charge in [0.2, 0.25) is 5.91 Å². The Balaban J connectivity index is 2.40. The molecule has 1 amide bonds. The largest absolute Gasteiger partial charge is 0.495 e. The first kappa shape index (κ1) is 15.3. The second kappa shape index (κ2) is 7.60. The predicted octanol–water partition coefficient (Wildman–Crippen LogP) is 1.35. The molecule has 0 saturated carbocycles. The summed E-state index contributed by atoms with van der Waals surface area (Å²) in [5, 5.41) is 14.2. The molecule has 0 spiro atoms. The summed E-state index contributed by atoms with van der Waals surface area (Å²) in [6.45, 7) is 0.281. The van der Waals surface area contributed by atoms with Crippen LogP contribution in [-0.2, 0) is 9.59 Å². The molecule has 0 aliphatic rings. The summed E-state index contributed by atoms with van der Waals surface area (Å²) in [7, 11) is 1.51. The van der Waals surface area contributed by atoms with E-state index in [-0.39, 0.29) is 25.4 Å². The van der Waals surface area contributed by atoms with Crippen LogP contribution in [0, 0.1) is 0 Å². The molecule has 7 heteroatoms. The molecule has 6 nitrogen and oxygen atoms in total. The number of carbonyl (C=O) groups is 2. The van der Waals surface area contributed by atoms with Crippen molar-refractivity contribution in [2.75, 3.05) is 25.5 Å². The third kappa shape index (κ3) is 5.58. The van der Waals surface area contributed by atoms with Gasteiger partial charge in [0.25, 0.3) is 0 Å². The fourth-order valence-corrected chi connectivity index (χ4v) is 1.60. The zero-order chi connectivity index (χ0) is 14.3. The van der Waals surface area contributed by atoms with Gasteiger partial charge in [0.15, 0.2) is 0 Å². The van der Waals surface area contributed by atoms with Gasteiger partial charge in [0, 0.05) is 12.2 Å². The molecule has 3 N–H and O–H groups in total. The number of carbonyl (C=O) groups excluding carboxylic acids is 1. The van der Waals surface area contributed by atoms with Crippen LogP contribution in [0.3, 0.4) is 0 Å². The van der Waals surface area contributed by atoms with Crippen molar-refractivity contribution in [1.29, 1.82) is 0 Å². The lowest BCUT2D eigenvalue weighted by molar-refractivity contribution is -0.137. The fraction of sp³-hybridized carbons (Fsp3) is 0.333. The molecule has 1 aromatic rings. The highest BCUT2D eigenvalue weighted by atomic mass is 35.5. The minimum absolute atomic E-state index is 0.0261. The van der Waals surface area contributed by atoms with E-state index in [1.807, 2.05) is 0 Å². The maximum atomic E-state index is 11.5. The Morgan fingerprint density at radius 3 is 2.74 bits per heavy atom. The number of carboxylic acids is 1. The first-order valence-corrected chi connectivity index (χ1v) is 5.96. The quantitative estimate of drug-likeness (QED) is 0.659. The third-order valence-electron chi connectivity index (χ3n) is 2.24. The van der Waals surface area contributed by atoms with Gasteiger partial charge in [-0.3, -0.25) is 9.59 Å².